The molecular formula is C13H17ClFN. The van der Waals surface area contributed by atoms with Crippen molar-refractivity contribution in [3.63, 3.8) is 0 Å². The van der Waals surface area contributed by atoms with Gasteiger partial charge in [0.05, 0.1) is 0 Å². The molecule has 0 radical (unpaired) electrons. The van der Waals surface area contributed by atoms with Gasteiger partial charge in [-0.3, -0.25) is 0 Å². The standard InChI is InChI=1S/C13H17ClFN/c14-11-6-5-10(12(15)8-11)7-13(16)9-3-1-2-4-9/h5-6,8-9,13H,1-4,7,16H2. The van der Waals surface area contributed by atoms with E-state index < -0.39 is 0 Å². The van der Waals surface area contributed by atoms with Crippen LogP contribution in [-0.4, -0.2) is 6.04 Å². The first kappa shape index (κ1) is 11.9. The van der Waals surface area contributed by atoms with Crippen molar-refractivity contribution in [2.45, 2.75) is 38.1 Å². The first-order valence-electron chi connectivity index (χ1n) is 5.86. The molecule has 1 aromatic rings. The molecule has 2 N–H and O–H groups in total. The number of halogens is 2. The van der Waals surface area contributed by atoms with Crippen LogP contribution in [0.1, 0.15) is 31.2 Å². The summed E-state index contributed by atoms with van der Waals surface area (Å²) in [6, 6.07) is 4.91. The molecule has 0 bridgehead atoms. The van der Waals surface area contributed by atoms with Crippen LogP contribution in [0.2, 0.25) is 5.02 Å². The summed E-state index contributed by atoms with van der Waals surface area (Å²) in [7, 11) is 0. The van der Waals surface area contributed by atoms with Gasteiger partial charge >= 0.3 is 0 Å². The Hall–Kier alpha value is -0.600. The van der Waals surface area contributed by atoms with E-state index in [4.69, 9.17) is 17.3 Å². The lowest BCUT2D eigenvalue weighted by Crippen LogP contribution is -2.30. The molecule has 0 saturated heterocycles. The molecule has 1 aliphatic rings. The van der Waals surface area contributed by atoms with Crippen LogP contribution in [0.25, 0.3) is 0 Å². The summed E-state index contributed by atoms with van der Waals surface area (Å²) in [5, 5.41) is 0.440. The maximum absolute atomic E-state index is 13.6. The fraction of sp³-hybridized carbons (Fsp3) is 0.538. The van der Waals surface area contributed by atoms with E-state index in [-0.39, 0.29) is 11.9 Å². The van der Waals surface area contributed by atoms with E-state index in [0.717, 1.165) is 0 Å². The maximum atomic E-state index is 13.6. The summed E-state index contributed by atoms with van der Waals surface area (Å²) in [4.78, 5) is 0. The monoisotopic (exact) mass is 241 g/mol. The summed E-state index contributed by atoms with van der Waals surface area (Å²) >= 11 is 5.71. The summed E-state index contributed by atoms with van der Waals surface area (Å²) in [6.45, 7) is 0. The molecule has 0 heterocycles. The van der Waals surface area contributed by atoms with Crippen LogP contribution in [0.15, 0.2) is 18.2 Å². The Morgan fingerprint density at radius 2 is 2.06 bits per heavy atom. The Kier molecular flexibility index (Phi) is 3.82. The van der Waals surface area contributed by atoms with Gasteiger partial charge in [-0.05, 0) is 42.9 Å². The van der Waals surface area contributed by atoms with Crippen LogP contribution in [0, 0.1) is 11.7 Å². The van der Waals surface area contributed by atoms with Gasteiger partial charge in [0.25, 0.3) is 0 Å². The van der Waals surface area contributed by atoms with Gasteiger partial charge in [-0.2, -0.15) is 0 Å². The molecule has 3 heteroatoms. The molecule has 1 unspecified atom stereocenters. The molecule has 0 aliphatic heterocycles. The fourth-order valence-corrected chi connectivity index (χ4v) is 2.65. The second kappa shape index (κ2) is 5.15. The Balaban J connectivity index is 2.02. The third-order valence-electron chi connectivity index (χ3n) is 3.48. The van der Waals surface area contributed by atoms with Gasteiger partial charge in [-0.15, -0.1) is 0 Å². The van der Waals surface area contributed by atoms with E-state index in [1.165, 1.54) is 31.7 Å². The lowest BCUT2D eigenvalue weighted by atomic mass is 9.93. The van der Waals surface area contributed by atoms with Gasteiger partial charge in [0.1, 0.15) is 5.82 Å². The quantitative estimate of drug-likeness (QED) is 0.861. The first-order valence-corrected chi connectivity index (χ1v) is 6.24. The van der Waals surface area contributed by atoms with E-state index in [2.05, 4.69) is 0 Å². The molecule has 1 atom stereocenters. The maximum Gasteiger partial charge on any atom is 0.127 e. The Bertz CT molecular complexity index is 361. The minimum absolute atomic E-state index is 0.0816. The summed E-state index contributed by atoms with van der Waals surface area (Å²) in [6.07, 6.45) is 5.53. The molecule has 1 saturated carbocycles. The van der Waals surface area contributed by atoms with Gasteiger partial charge in [0.15, 0.2) is 0 Å². The lowest BCUT2D eigenvalue weighted by molar-refractivity contribution is 0.423. The zero-order chi connectivity index (χ0) is 11.5. The highest BCUT2D eigenvalue weighted by Gasteiger charge is 2.22. The Labute approximate surface area is 101 Å². The SMILES string of the molecule is NC(Cc1ccc(Cl)cc1F)C1CCCC1. The summed E-state index contributed by atoms with van der Waals surface area (Å²) in [5.74, 6) is 0.330. The highest BCUT2D eigenvalue weighted by molar-refractivity contribution is 6.30. The minimum atomic E-state index is -0.235. The van der Waals surface area contributed by atoms with Crippen molar-refractivity contribution in [1.82, 2.24) is 0 Å². The highest BCUT2D eigenvalue weighted by atomic mass is 35.5. The predicted molar refractivity (Wildman–Crippen MR) is 65.0 cm³/mol. The largest absolute Gasteiger partial charge is 0.327 e. The zero-order valence-corrected chi connectivity index (χ0v) is 10.0. The molecule has 1 nitrogen and oxygen atoms in total. The second-order valence-electron chi connectivity index (χ2n) is 4.65. The van der Waals surface area contributed by atoms with Gasteiger partial charge in [-0.25, -0.2) is 4.39 Å². The van der Waals surface area contributed by atoms with Gasteiger partial charge in [0, 0.05) is 11.1 Å². The Morgan fingerprint density at radius 1 is 1.38 bits per heavy atom. The molecule has 0 spiro atoms. The third kappa shape index (κ3) is 2.74. The second-order valence-corrected chi connectivity index (χ2v) is 5.08. The minimum Gasteiger partial charge on any atom is -0.327 e. The van der Waals surface area contributed by atoms with Crippen molar-refractivity contribution in [1.29, 1.82) is 0 Å². The van der Waals surface area contributed by atoms with E-state index in [1.54, 1.807) is 12.1 Å². The number of hydrogen-bond acceptors (Lipinski definition) is 1. The number of rotatable bonds is 3. The van der Waals surface area contributed by atoms with Crippen LogP contribution in [0.4, 0.5) is 4.39 Å². The van der Waals surface area contributed by atoms with E-state index in [0.29, 0.717) is 22.9 Å². The van der Waals surface area contributed by atoms with E-state index in [9.17, 15) is 4.39 Å². The van der Waals surface area contributed by atoms with E-state index in [1.807, 2.05) is 0 Å². The Morgan fingerprint density at radius 3 is 2.69 bits per heavy atom. The van der Waals surface area contributed by atoms with Crippen LogP contribution < -0.4 is 5.73 Å². The van der Waals surface area contributed by atoms with Crippen LogP contribution in [0.3, 0.4) is 0 Å². The zero-order valence-electron chi connectivity index (χ0n) is 9.26. The summed E-state index contributed by atoms with van der Waals surface area (Å²) < 4.78 is 13.6. The van der Waals surface area contributed by atoms with Crippen molar-refractivity contribution >= 4 is 11.6 Å². The van der Waals surface area contributed by atoms with Crippen LogP contribution >= 0.6 is 11.6 Å². The molecule has 1 fully saturated rings. The number of hydrogen-bond donors (Lipinski definition) is 1. The summed E-state index contributed by atoms with van der Waals surface area (Å²) in [5.41, 5.74) is 6.80. The molecule has 16 heavy (non-hydrogen) atoms. The average molecular weight is 242 g/mol. The normalized spacial score (nSPS) is 18.9. The van der Waals surface area contributed by atoms with Crippen molar-refractivity contribution in [2.75, 3.05) is 0 Å². The van der Waals surface area contributed by atoms with Gasteiger partial charge in [0.2, 0.25) is 0 Å². The average Bonchev–Trinajstić information content (AvgIpc) is 2.75. The smallest absolute Gasteiger partial charge is 0.127 e. The van der Waals surface area contributed by atoms with Gasteiger partial charge < -0.3 is 5.73 Å². The molecule has 1 aliphatic carbocycles. The van der Waals surface area contributed by atoms with Gasteiger partial charge in [-0.1, -0.05) is 30.5 Å². The first-order chi connectivity index (χ1) is 7.66. The van der Waals surface area contributed by atoms with Crippen molar-refractivity contribution in [3.05, 3.63) is 34.6 Å². The molecule has 2 rings (SSSR count). The topological polar surface area (TPSA) is 26.0 Å². The molecular weight excluding hydrogens is 225 g/mol. The number of benzene rings is 1. The highest BCUT2D eigenvalue weighted by Crippen LogP contribution is 2.28. The molecule has 0 aromatic heterocycles. The van der Waals surface area contributed by atoms with Crippen molar-refractivity contribution < 1.29 is 4.39 Å². The van der Waals surface area contributed by atoms with Crippen molar-refractivity contribution in [3.8, 4) is 0 Å². The lowest BCUT2D eigenvalue weighted by Gasteiger charge is -2.19. The van der Waals surface area contributed by atoms with Crippen LogP contribution in [-0.2, 0) is 6.42 Å². The molecule has 1 aromatic carbocycles. The molecule has 88 valence electrons. The number of nitrogens with two attached hydrogens (primary N) is 1. The third-order valence-corrected chi connectivity index (χ3v) is 3.71. The predicted octanol–water partition coefficient (Wildman–Crippen LogP) is 3.54. The van der Waals surface area contributed by atoms with Crippen molar-refractivity contribution in [2.24, 2.45) is 11.7 Å². The van der Waals surface area contributed by atoms with E-state index >= 15 is 0 Å². The van der Waals surface area contributed by atoms with Crippen LogP contribution in [0.5, 0.6) is 0 Å². The molecule has 0 amide bonds. The fourth-order valence-electron chi connectivity index (χ4n) is 2.49.